The minimum Gasteiger partial charge on any atom is -0.366 e. The molecule has 0 spiro atoms. The zero-order valence-corrected chi connectivity index (χ0v) is 10.7. The lowest BCUT2D eigenvalue weighted by molar-refractivity contribution is -0.124. The molecule has 1 N–H and O–H groups in total. The summed E-state index contributed by atoms with van der Waals surface area (Å²) < 4.78 is 78.0. The molecular weight excluding hydrogens is 310 g/mol. The Labute approximate surface area is 111 Å². The zero-order chi connectivity index (χ0) is 15.4. The van der Waals surface area contributed by atoms with Gasteiger partial charge in [-0.1, -0.05) is 0 Å². The van der Waals surface area contributed by atoms with Gasteiger partial charge in [-0.2, -0.15) is 26.0 Å². The highest BCUT2D eigenvalue weighted by Gasteiger charge is 2.47. The van der Waals surface area contributed by atoms with Crippen molar-refractivity contribution in [2.75, 3.05) is 6.61 Å². The van der Waals surface area contributed by atoms with Crippen LogP contribution in [0, 0.1) is 0 Å². The SMILES string of the molecule is O=C(F)/C=C\N[C@H]1CC[C@@H](COS(=O)(=O)C(F)(F)F)O1. The first-order chi connectivity index (χ1) is 9.12. The highest BCUT2D eigenvalue weighted by Crippen LogP contribution is 2.26. The molecule has 20 heavy (non-hydrogen) atoms. The number of ether oxygens (including phenoxy) is 1. The van der Waals surface area contributed by atoms with Crippen LogP contribution in [0.15, 0.2) is 12.3 Å². The van der Waals surface area contributed by atoms with E-state index in [9.17, 15) is 30.8 Å². The van der Waals surface area contributed by atoms with Crippen molar-refractivity contribution in [2.45, 2.75) is 30.7 Å². The fourth-order valence-electron chi connectivity index (χ4n) is 1.40. The summed E-state index contributed by atoms with van der Waals surface area (Å²) in [6.07, 6.45) is 0.670. The van der Waals surface area contributed by atoms with E-state index in [-0.39, 0.29) is 6.42 Å². The number of hydrogen-bond acceptors (Lipinski definition) is 6. The lowest BCUT2D eigenvalue weighted by atomic mass is 10.2. The molecule has 1 aliphatic heterocycles. The van der Waals surface area contributed by atoms with Gasteiger partial charge < -0.3 is 10.1 Å². The predicted octanol–water partition coefficient (Wildman–Crippen LogP) is 0.957. The second-order valence-corrected chi connectivity index (χ2v) is 5.42. The topological polar surface area (TPSA) is 81.7 Å². The monoisotopic (exact) mass is 321 g/mol. The van der Waals surface area contributed by atoms with Crippen molar-refractivity contribution in [1.29, 1.82) is 0 Å². The average molecular weight is 321 g/mol. The van der Waals surface area contributed by atoms with Gasteiger partial charge in [0.1, 0.15) is 6.23 Å². The minimum atomic E-state index is -5.64. The van der Waals surface area contributed by atoms with Crippen LogP contribution < -0.4 is 5.32 Å². The van der Waals surface area contributed by atoms with Gasteiger partial charge in [0.05, 0.1) is 12.7 Å². The van der Waals surface area contributed by atoms with Crippen molar-refractivity contribution in [2.24, 2.45) is 0 Å². The first-order valence-corrected chi connectivity index (χ1v) is 6.76. The molecule has 1 saturated heterocycles. The third-order valence-electron chi connectivity index (χ3n) is 2.30. The lowest BCUT2D eigenvalue weighted by Gasteiger charge is -2.14. The van der Waals surface area contributed by atoms with E-state index in [4.69, 9.17) is 4.74 Å². The van der Waals surface area contributed by atoms with Gasteiger partial charge in [0.15, 0.2) is 0 Å². The van der Waals surface area contributed by atoms with Crippen LogP contribution in [0.25, 0.3) is 0 Å². The molecule has 0 aromatic heterocycles. The van der Waals surface area contributed by atoms with E-state index < -0.39 is 40.6 Å². The molecule has 0 aromatic carbocycles. The van der Waals surface area contributed by atoms with Gasteiger partial charge in [0.2, 0.25) is 0 Å². The normalized spacial score (nSPS) is 24.2. The quantitative estimate of drug-likeness (QED) is 0.258. The Bertz CT molecular complexity index is 475. The molecule has 0 amide bonds. The van der Waals surface area contributed by atoms with Crippen molar-refractivity contribution < 1.29 is 39.7 Å². The fraction of sp³-hybridized carbons (Fsp3) is 0.667. The van der Waals surface area contributed by atoms with Crippen LogP contribution in [0.3, 0.4) is 0 Å². The van der Waals surface area contributed by atoms with E-state index >= 15 is 0 Å². The Hall–Kier alpha value is -1.20. The molecule has 11 heteroatoms. The third-order valence-corrected chi connectivity index (χ3v) is 3.31. The number of alkyl halides is 3. The first-order valence-electron chi connectivity index (χ1n) is 5.35. The number of hydrogen-bond donors (Lipinski definition) is 1. The Balaban J connectivity index is 2.37. The minimum absolute atomic E-state index is 0.252. The fourth-order valence-corrected chi connectivity index (χ4v) is 1.87. The summed E-state index contributed by atoms with van der Waals surface area (Å²) in [5.41, 5.74) is -5.48. The van der Waals surface area contributed by atoms with Gasteiger partial charge in [-0.3, -0.25) is 8.98 Å². The summed E-state index contributed by atoms with van der Waals surface area (Å²) in [5, 5.41) is 2.48. The van der Waals surface area contributed by atoms with Gasteiger partial charge in [0.25, 0.3) is 0 Å². The predicted molar refractivity (Wildman–Crippen MR) is 57.2 cm³/mol. The molecule has 0 saturated carbocycles. The standard InChI is InChI=1S/C9H11F4NO5S/c10-7(15)3-4-14-8-2-1-6(19-8)5-18-20(16,17)9(11,12)13/h3-4,6,8,14H,1-2,5H2/b4-3-/t6-,8+/m0/s1. The molecule has 1 fully saturated rings. The number of carbonyl (C=O) groups is 1. The molecule has 1 aliphatic rings. The maximum Gasteiger partial charge on any atom is 0.523 e. The largest absolute Gasteiger partial charge is 0.523 e. The van der Waals surface area contributed by atoms with Gasteiger partial charge in [-0.15, -0.1) is 0 Å². The van der Waals surface area contributed by atoms with E-state index in [0.29, 0.717) is 12.5 Å². The molecule has 0 unspecified atom stereocenters. The van der Waals surface area contributed by atoms with E-state index in [1.165, 1.54) is 0 Å². The first kappa shape index (κ1) is 16.9. The molecule has 116 valence electrons. The van der Waals surface area contributed by atoms with Crippen LogP contribution in [0.2, 0.25) is 0 Å². The Kier molecular flexibility index (Phi) is 5.48. The Morgan fingerprint density at radius 3 is 2.60 bits per heavy atom. The summed E-state index contributed by atoms with van der Waals surface area (Å²) in [5.74, 6) is 0. The molecule has 0 aromatic rings. The summed E-state index contributed by atoms with van der Waals surface area (Å²) in [7, 11) is -5.64. The maximum atomic E-state index is 12.0. The summed E-state index contributed by atoms with van der Waals surface area (Å²) >= 11 is 0. The van der Waals surface area contributed by atoms with E-state index in [1.807, 2.05) is 0 Å². The molecular formula is C9H11F4NO5S. The van der Waals surface area contributed by atoms with Crippen LogP contribution in [-0.2, 0) is 23.8 Å². The Morgan fingerprint density at radius 2 is 2.05 bits per heavy atom. The number of nitrogens with one attached hydrogen (secondary N) is 1. The van der Waals surface area contributed by atoms with Gasteiger partial charge in [-0.05, 0) is 12.8 Å². The summed E-state index contributed by atoms with van der Waals surface area (Å²) in [6.45, 7) is -0.772. The molecule has 0 radical (unpaired) electrons. The summed E-state index contributed by atoms with van der Waals surface area (Å²) in [6, 6.07) is -1.67. The third kappa shape index (κ3) is 5.06. The van der Waals surface area contributed by atoms with Gasteiger partial charge in [0, 0.05) is 12.3 Å². The molecule has 0 aliphatic carbocycles. The van der Waals surface area contributed by atoms with Crippen LogP contribution in [-0.4, -0.2) is 38.9 Å². The van der Waals surface area contributed by atoms with Crippen LogP contribution in [0.1, 0.15) is 12.8 Å². The van der Waals surface area contributed by atoms with Crippen molar-refractivity contribution in [3.63, 3.8) is 0 Å². The molecule has 6 nitrogen and oxygen atoms in total. The zero-order valence-electron chi connectivity index (χ0n) is 9.89. The van der Waals surface area contributed by atoms with Crippen LogP contribution >= 0.6 is 0 Å². The maximum absolute atomic E-state index is 12.0. The van der Waals surface area contributed by atoms with Crippen LogP contribution in [0.5, 0.6) is 0 Å². The lowest BCUT2D eigenvalue weighted by Crippen LogP contribution is -2.30. The second-order valence-electron chi connectivity index (χ2n) is 3.81. The van der Waals surface area contributed by atoms with Crippen molar-refractivity contribution in [3.8, 4) is 0 Å². The highest BCUT2D eigenvalue weighted by atomic mass is 32.2. The molecule has 1 rings (SSSR count). The smallest absolute Gasteiger partial charge is 0.366 e. The molecule has 0 bridgehead atoms. The van der Waals surface area contributed by atoms with Gasteiger partial charge in [-0.25, -0.2) is 0 Å². The molecule has 1 heterocycles. The van der Waals surface area contributed by atoms with Crippen molar-refractivity contribution >= 4 is 16.2 Å². The number of halogens is 4. The number of carbonyl (C=O) groups excluding carboxylic acids is 1. The number of allylic oxidation sites excluding steroid dienone is 1. The second kappa shape index (κ2) is 6.50. The summed E-state index contributed by atoms with van der Waals surface area (Å²) in [4.78, 5) is 9.96. The van der Waals surface area contributed by atoms with Crippen molar-refractivity contribution in [1.82, 2.24) is 5.32 Å². The number of rotatable bonds is 6. The Morgan fingerprint density at radius 1 is 1.40 bits per heavy atom. The van der Waals surface area contributed by atoms with E-state index in [0.717, 1.165) is 6.20 Å². The van der Waals surface area contributed by atoms with Crippen molar-refractivity contribution in [3.05, 3.63) is 12.3 Å². The van der Waals surface area contributed by atoms with Crippen LogP contribution in [0.4, 0.5) is 17.6 Å². The highest BCUT2D eigenvalue weighted by molar-refractivity contribution is 7.87. The molecule has 2 atom stereocenters. The van der Waals surface area contributed by atoms with E-state index in [2.05, 4.69) is 9.50 Å². The van der Waals surface area contributed by atoms with Gasteiger partial charge >= 0.3 is 21.7 Å². The van der Waals surface area contributed by atoms with E-state index in [1.54, 1.807) is 0 Å². The average Bonchev–Trinajstić information content (AvgIpc) is 2.72.